The Hall–Kier alpha value is -2.14. The lowest BCUT2D eigenvalue weighted by molar-refractivity contribution is 0.292. The van der Waals surface area contributed by atoms with Gasteiger partial charge in [-0.2, -0.15) is 0 Å². The van der Waals surface area contributed by atoms with Crippen LogP contribution in [0.15, 0.2) is 29.1 Å². The van der Waals surface area contributed by atoms with Crippen molar-refractivity contribution in [3.63, 3.8) is 0 Å². The lowest BCUT2D eigenvalue weighted by atomic mass is 9.72. The van der Waals surface area contributed by atoms with Crippen molar-refractivity contribution >= 4 is 5.95 Å². The minimum Gasteiger partial charge on any atom is -0.396 e. The van der Waals surface area contributed by atoms with Crippen LogP contribution >= 0.6 is 0 Å². The summed E-state index contributed by atoms with van der Waals surface area (Å²) in [6, 6.07) is 8.21. The maximum atomic E-state index is 13.4. The van der Waals surface area contributed by atoms with Gasteiger partial charge in [0.25, 0.3) is 5.56 Å². The van der Waals surface area contributed by atoms with Crippen molar-refractivity contribution in [3.8, 4) is 11.3 Å². The van der Waals surface area contributed by atoms with Gasteiger partial charge >= 0.3 is 0 Å². The van der Waals surface area contributed by atoms with Crippen LogP contribution in [-0.4, -0.2) is 27.8 Å². The molecule has 1 aliphatic carbocycles. The molecular formula is C20H27N3O2. The van der Waals surface area contributed by atoms with E-state index in [0.717, 1.165) is 23.2 Å². The van der Waals surface area contributed by atoms with E-state index in [4.69, 9.17) is 10.1 Å². The first-order valence-electron chi connectivity index (χ1n) is 8.97. The van der Waals surface area contributed by atoms with Crippen molar-refractivity contribution in [3.05, 3.63) is 45.7 Å². The Morgan fingerprint density at radius 1 is 1.32 bits per heavy atom. The molecule has 0 spiro atoms. The van der Waals surface area contributed by atoms with E-state index in [1.165, 1.54) is 5.56 Å². The first kappa shape index (κ1) is 17.7. The van der Waals surface area contributed by atoms with Gasteiger partial charge in [0.1, 0.15) is 0 Å². The number of hydrogen-bond donors (Lipinski definition) is 2. The summed E-state index contributed by atoms with van der Waals surface area (Å²) in [4.78, 5) is 18.2. The Morgan fingerprint density at radius 2 is 2.04 bits per heavy atom. The first-order chi connectivity index (χ1) is 11.9. The van der Waals surface area contributed by atoms with E-state index in [2.05, 4.69) is 25.2 Å². The van der Waals surface area contributed by atoms with Gasteiger partial charge in [-0.15, -0.1) is 0 Å². The molecule has 0 saturated heterocycles. The summed E-state index contributed by atoms with van der Waals surface area (Å²) >= 11 is 0. The molecule has 1 aromatic heterocycles. The monoisotopic (exact) mass is 341 g/mol. The highest BCUT2D eigenvalue weighted by atomic mass is 16.3. The van der Waals surface area contributed by atoms with E-state index in [1.54, 1.807) is 4.57 Å². The third kappa shape index (κ3) is 3.09. The molecule has 0 saturated carbocycles. The SMILES string of the molecule is CC(C)n1c(NCCCO)nc2c(c1=O)C(C)(C)Cc1ccccc1-2. The maximum Gasteiger partial charge on any atom is 0.259 e. The molecule has 134 valence electrons. The molecule has 0 unspecified atom stereocenters. The minimum absolute atomic E-state index is 0.00916. The Kier molecular flexibility index (Phi) is 4.69. The molecule has 2 N–H and O–H groups in total. The van der Waals surface area contributed by atoms with Gasteiger partial charge in [-0.1, -0.05) is 38.1 Å². The third-order valence-electron chi connectivity index (χ3n) is 4.83. The smallest absolute Gasteiger partial charge is 0.259 e. The summed E-state index contributed by atoms with van der Waals surface area (Å²) in [5.74, 6) is 0.583. The van der Waals surface area contributed by atoms with Gasteiger partial charge in [-0.3, -0.25) is 9.36 Å². The van der Waals surface area contributed by atoms with Crippen LogP contribution in [0.4, 0.5) is 5.95 Å². The van der Waals surface area contributed by atoms with Crippen molar-refractivity contribution in [1.82, 2.24) is 9.55 Å². The molecule has 0 radical (unpaired) electrons. The second-order valence-corrected chi connectivity index (χ2v) is 7.65. The molecule has 0 amide bonds. The van der Waals surface area contributed by atoms with E-state index in [0.29, 0.717) is 18.9 Å². The van der Waals surface area contributed by atoms with Gasteiger partial charge < -0.3 is 10.4 Å². The summed E-state index contributed by atoms with van der Waals surface area (Å²) in [5.41, 5.74) is 3.65. The number of hydrogen-bond acceptors (Lipinski definition) is 4. The molecule has 1 aliphatic rings. The van der Waals surface area contributed by atoms with Crippen molar-refractivity contribution in [2.24, 2.45) is 0 Å². The Morgan fingerprint density at radius 3 is 2.72 bits per heavy atom. The van der Waals surface area contributed by atoms with Gasteiger partial charge in [-0.05, 0) is 32.3 Å². The normalized spacial score (nSPS) is 15.0. The molecule has 0 aliphatic heterocycles. The Bertz CT molecular complexity index is 837. The lowest BCUT2D eigenvalue weighted by Crippen LogP contribution is -2.39. The number of nitrogens with zero attached hydrogens (tertiary/aromatic N) is 2. The third-order valence-corrected chi connectivity index (χ3v) is 4.83. The molecule has 5 heteroatoms. The Balaban J connectivity index is 2.26. The number of aromatic nitrogens is 2. The molecule has 25 heavy (non-hydrogen) atoms. The van der Waals surface area contributed by atoms with E-state index in [-0.39, 0.29) is 23.6 Å². The summed E-state index contributed by atoms with van der Waals surface area (Å²) in [7, 11) is 0. The highest BCUT2D eigenvalue weighted by Crippen LogP contribution is 2.40. The molecule has 0 bridgehead atoms. The maximum absolute atomic E-state index is 13.4. The van der Waals surface area contributed by atoms with Crippen molar-refractivity contribution in [2.45, 2.75) is 52.0 Å². The van der Waals surface area contributed by atoms with E-state index in [9.17, 15) is 4.79 Å². The second kappa shape index (κ2) is 6.64. The topological polar surface area (TPSA) is 67.2 Å². The molecular weight excluding hydrogens is 314 g/mol. The van der Waals surface area contributed by atoms with E-state index < -0.39 is 0 Å². The van der Waals surface area contributed by atoms with Crippen molar-refractivity contribution < 1.29 is 5.11 Å². The largest absolute Gasteiger partial charge is 0.396 e. The number of benzene rings is 1. The quantitative estimate of drug-likeness (QED) is 0.820. The standard InChI is InChI=1S/C20H27N3O2/c1-13(2)23-18(25)16-17(22-19(23)21-10-7-11-24)15-9-6-5-8-14(15)12-20(16,3)4/h5-6,8-9,13,24H,7,10-12H2,1-4H3,(H,21,22). The molecule has 0 fully saturated rings. The number of aliphatic hydroxyl groups is 1. The van der Waals surface area contributed by atoms with Crippen LogP contribution in [0, 0.1) is 0 Å². The zero-order valence-corrected chi connectivity index (χ0v) is 15.5. The predicted molar refractivity (Wildman–Crippen MR) is 101 cm³/mol. The molecule has 1 heterocycles. The average Bonchev–Trinajstić information content (AvgIpc) is 2.53. The molecule has 3 rings (SSSR count). The molecule has 1 aromatic carbocycles. The number of rotatable bonds is 5. The van der Waals surface area contributed by atoms with Crippen LogP contribution in [-0.2, 0) is 11.8 Å². The fraction of sp³-hybridized carbons (Fsp3) is 0.500. The van der Waals surface area contributed by atoms with Crippen LogP contribution < -0.4 is 10.9 Å². The van der Waals surface area contributed by atoms with Gasteiger partial charge in [0.2, 0.25) is 5.95 Å². The summed E-state index contributed by atoms with van der Waals surface area (Å²) < 4.78 is 1.74. The summed E-state index contributed by atoms with van der Waals surface area (Å²) in [5, 5.41) is 12.3. The summed E-state index contributed by atoms with van der Waals surface area (Å²) in [6.07, 6.45) is 1.45. The van der Waals surface area contributed by atoms with Gasteiger partial charge in [0.15, 0.2) is 0 Å². The highest BCUT2D eigenvalue weighted by Gasteiger charge is 2.36. The zero-order chi connectivity index (χ0) is 18.2. The van der Waals surface area contributed by atoms with Crippen molar-refractivity contribution in [1.29, 1.82) is 0 Å². The summed E-state index contributed by atoms with van der Waals surface area (Å²) in [6.45, 7) is 8.93. The molecule has 2 aromatic rings. The first-order valence-corrected chi connectivity index (χ1v) is 8.97. The lowest BCUT2D eigenvalue weighted by Gasteiger charge is -2.34. The Labute approximate surface area is 148 Å². The van der Waals surface area contributed by atoms with Crippen molar-refractivity contribution in [2.75, 3.05) is 18.5 Å². The van der Waals surface area contributed by atoms with Crippen LogP contribution in [0.3, 0.4) is 0 Å². The van der Waals surface area contributed by atoms with Crippen LogP contribution in [0.1, 0.15) is 51.3 Å². The van der Waals surface area contributed by atoms with Gasteiger partial charge in [0, 0.05) is 35.7 Å². The molecule has 5 nitrogen and oxygen atoms in total. The fourth-order valence-electron chi connectivity index (χ4n) is 3.69. The van der Waals surface area contributed by atoms with Crippen LogP contribution in [0.2, 0.25) is 0 Å². The average molecular weight is 341 g/mol. The minimum atomic E-state index is -0.256. The van der Waals surface area contributed by atoms with Crippen LogP contribution in [0.25, 0.3) is 11.3 Å². The number of fused-ring (bicyclic) bond motifs is 3. The van der Waals surface area contributed by atoms with Gasteiger partial charge in [-0.25, -0.2) is 4.98 Å². The fourth-order valence-corrected chi connectivity index (χ4v) is 3.69. The predicted octanol–water partition coefficient (Wildman–Crippen LogP) is 3.12. The number of aliphatic hydroxyl groups excluding tert-OH is 1. The zero-order valence-electron chi connectivity index (χ0n) is 15.5. The van der Waals surface area contributed by atoms with Gasteiger partial charge in [0.05, 0.1) is 5.69 Å². The number of anilines is 1. The second-order valence-electron chi connectivity index (χ2n) is 7.65. The van der Waals surface area contributed by atoms with E-state index in [1.807, 2.05) is 32.0 Å². The highest BCUT2D eigenvalue weighted by molar-refractivity contribution is 5.72. The van der Waals surface area contributed by atoms with E-state index >= 15 is 0 Å². The molecule has 0 atom stereocenters. The number of nitrogens with one attached hydrogen (secondary N) is 1. The van der Waals surface area contributed by atoms with Crippen LogP contribution in [0.5, 0.6) is 0 Å².